The Morgan fingerprint density at radius 2 is 1.87 bits per heavy atom. The van der Waals surface area contributed by atoms with Crippen LogP contribution in [0.15, 0.2) is 42.1 Å². The molecular formula is C12H14Cl2Hf. The molecule has 80 valence electrons. The van der Waals surface area contributed by atoms with Crippen LogP contribution in [-0.4, -0.2) is 0 Å². The molecule has 0 saturated heterocycles. The van der Waals surface area contributed by atoms with Crippen LogP contribution in [0.4, 0.5) is 0 Å². The minimum absolute atomic E-state index is 0. The van der Waals surface area contributed by atoms with Gasteiger partial charge in [0.25, 0.3) is 0 Å². The van der Waals surface area contributed by atoms with Gasteiger partial charge in [0.15, 0.2) is 0 Å². The summed E-state index contributed by atoms with van der Waals surface area (Å²) >= 11 is -0.624. The molecule has 0 amide bonds. The number of hydrogen-bond acceptors (Lipinski definition) is 0. The van der Waals surface area contributed by atoms with E-state index in [9.17, 15) is 0 Å². The summed E-state index contributed by atoms with van der Waals surface area (Å²) in [5.41, 5.74) is 3.20. The van der Waals surface area contributed by atoms with Crippen LogP contribution in [0.3, 0.4) is 0 Å². The van der Waals surface area contributed by atoms with Crippen LogP contribution in [0.1, 0.15) is 26.7 Å². The molecule has 0 nitrogen and oxygen atoms in total. The van der Waals surface area contributed by atoms with Crippen molar-refractivity contribution in [3.63, 3.8) is 0 Å². The number of hydrogen-bond donors (Lipinski definition) is 0. The van der Waals surface area contributed by atoms with Crippen LogP contribution in [-0.2, 0) is 22.9 Å². The Labute approximate surface area is 116 Å². The standard InChI is InChI=1S/C7H9.C5H5.2ClH.Hf/c1-6-4-3-5-7(6)2;1-2-4-5-3-1;;;/h3H,4H2,1-2H3;1-3H,4H2;2*1H;/q;;;;+2/p-2. The van der Waals surface area contributed by atoms with E-state index in [1.54, 1.807) is 17.8 Å². The molecule has 0 aliphatic heterocycles. The zero-order valence-corrected chi connectivity index (χ0v) is 14.1. The van der Waals surface area contributed by atoms with Gasteiger partial charge in [0.2, 0.25) is 0 Å². The molecule has 0 aromatic carbocycles. The molecular weight excluding hydrogens is 394 g/mol. The van der Waals surface area contributed by atoms with Crippen molar-refractivity contribution in [2.45, 2.75) is 26.7 Å². The molecule has 0 aromatic rings. The molecule has 0 heterocycles. The summed E-state index contributed by atoms with van der Waals surface area (Å²) in [4.78, 5) is 0. The van der Waals surface area contributed by atoms with E-state index in [0.717, 1.165) is 0 Å². The average Bonchev–Trinajstić information content (AvgIpc) is 2.71. The number of halogens is 2. The van der Waals surface area contributed by atoms with Gasteiger partial charge in [0, 0.05) is 0 Å². The number of allylic oxidation sites excluding steroid dienone is 8. The van der Waals surface area contributed by atoms with Crippen molar-refractivity contribution in [2.75, 3.05) is 0 Å². The maximum Gasteiger partial charge on any atom is -1.00 e. The molecule has 15 heavy (non-hydrogen) atoms. The van der Waals surface area contributed by atoms with Crippen LogP contribution in [0.5, 0.6) is 0 Å². The van der Waals surface area contributed by atoms with Crippen LogP contribution in [0.25, 0.3) is 0 Å². The van der Waals surface area contributed by atoms with Gasteiger partial charge in [-0.05, 0) is 0 Å². The third-order valence-electron chi connectivity index (χ3n) is 2.72. The van der Waals surface area contributed by atoms with E-state index in [1.807, 2.05) is 0 Å². The van der Waals surface area contributed by atoms with Crippen LogP contribution in [0.2, 0.25) is 0 Å². The van der Waals surface area contributed by atoms with E-state index >= 15 is 0 Å². The monoisotopic (exact) mass is 408 g/mol. The van der Waals surface area contributed by atoms with Crippen molar-refractivity contribution in [3.8, 4) is 0 Å². The summed E-state index contributed by atoms with van der Waals surface area (Å²) in [7, 11) is 0. The Bertz CT molecular complexity index is 349. The second kappa shape index (κ2) is 6.88. The molecule has 0 fully saturated rings. The first-order valence-corrected chi connectivity index (χ1v) is 8.36. The van der Waals surface area contributed by atoms with E-state index < -0.39 is 22.9 Å². The Morgan fingerprint density at radius 3 is 2.33 bits per heavy atom. The smallest absolute Gasteiger partial charge is 1.00 e. The fraction of sp³-hybridized carbons (Fsp3) is 0.333. The summed E-state index contributed by atoms with van der Waals surface area (Å²) < 4.78 is 3.49. The minimum Gasteiger partial charge on any atom is -1.00 e. The van der Waals surface area contributed by atoms with Gasteiger partial charge in [-0.3, -0.25) is 0 Å². The SMILES string of the molecule is CC1=C(C)[C]([Hf+2][C]2=CC=CC2)=CC1.[Cl-].[Cl-]. The Morgan fingerprint density at radius 1 is 1.13 bits per heavy atom. The van der Waals surface area contributed by atoms with Gasteiger partial charge in [-0.15, -0.1) is 0 Å². The van der Waals surface area contributed by atoms with Gasteiger partial charge < -0.3 is 24.8 Å². The fourth-order valence-electron chi connectivity index (χ4n) is 1.65. The summed E-state index contributed by atoms with van der Waals surface area (Å²) in [5, 5.41) is 0. The molecule has 0 bridgehead atoms. The van der Waals surface area contributed by atoms with E-state index in [2.05, 4.69) is 38.2 Å². The summed E-state index contributed by atoms with van der Waals surface area (Å²) in [6, 6.07) is 0. The molecule has 2 aliphatic rings. The van der Waals surface area contributed by atoms with Gasteiger partial charge in [-0.1, -0.05) is 0 Å². The largest absolute Gasteiger partial charge is 1.00 e. The molecule has 3 heteroatoms. The molecule has 0 saturated carbocycles. The predicted octanol–water partition coefficient (Wildman–Crippen LogP) is -2.46. The molecule has 0 spiro atoms. The van der Waals surface area contributed by atoms with Crippen LogP contribution < -0.4 is 24.8 Å². The van der Waals surface area contributed by atoms with Crippen molar-refractivity contribution in [1.29, 1.82) is 0 Å². The molecule has 2 aliphatic carbocycles. The minimum atomic E-state index is -0.624. The predicted molar refractivity (Wildman–Crippen MR) is 52.9 cm³/mol. The first-order valence-electron chi connectivity index (χ1n) is 4.77. The Hall–Kier alpha value is 0.410. The number of rotatable bonds is 2. The summed E-state index contributed by atoms with van der Waals surface area (Å²) in [6.07, 6.45) is 11.8. The Balaban J connectivity index is 0.000000980. The fourth-order valence-corrected chi connectivity index (χ4v) is 6.50. The van der Waals surface area contributed by atoms with Gasteiger partial charge in [-0.2, -0.15) is 0 Å². The first kappa shape index (κ1) is 15.4. The second-order valence-corrected chi connectivity index (χ2v) is 8.82. The Kier molecular flexibility index (Phi) is 7.07. The third-order valence-corrected chi connectivity index (χ3v) is 8.26. The second-order valence-electron chi connectivity index (χ2n) is 3.68. The molecule has 0 aromatic heterocycles. The van der Waals surface area contributed by atoms with Gasteiger partial charge >= 0.3 is 91.7 Å². The summed E-state index contributed by atoms with van der Waals surface area (Å²) in [5.74, 6) is 0. The maximum atomic E-state index is 2.47. The molecule has 2 rings (SSSR count). The molecule has 0 atom stereocenters. The zero-order chi connectivity index (χ0) is 9.26. The van der Waals surface area contributed by atoms with Gasteiger partial charge in [-0.25, -0.2) is 0 Å². The molecule has 0 N–H and O–H groups in total. The van der Waals surface area contributed by atoms with Gasteiger partial charge in [0.05, 0.1) is 0 Å². The molecule has 0 unspecified atom stereocenters. The average molecular weight is 408 g/mol. The zero-order valence-electron chi connectivity index (χ0n) is 8.98. The van der Waals surface area contributed by atoms with E-state index in [4.69, 9.17) is 0 Å². The maximum absolute atomic E-state index is 2.47. The van der Waals surface area contributed by atoms with E-state index in [-0.39, 0.29) is 24.8 Å². The van der Waals surface area contributed by atoms with Crippen molar-refractivity contribution >= 4 is 0 Å². The quantitative estimate of drug-likeness (QED) is 0.446. The summed E-state index contributed by atoms with van der Waals surface area (Å²) in [6.45, 7) is 4.56. The van der Waals surface area contributed by atoms with E-state index in [1.165, 1.54) is 12.8 Å². The first-order chi connectivity index (χ1) is 6.27. The van der Waals surface area contributed by atoms with Crippen molar-refractivity contribution in [3.05, 3.63) is 42.1 Å². The van der Waals surface area contributed by atoms with Gasteiger partial charge in [0.1, 0.15) is 0 Å². The topological polar surface area (TPSA) is 0 Å². The van der Waals surface area contributed by atoms with Crippen molar-refractivity contribution in [1.82, 2.24) is 0 Å². The van der Waals surface area contributed by atoms with Crippen LogP contribution >= 0.6 is 0 Å². The van der Waals surface area contributed by atoms with Crippen molar-refractivity contribution < 1.29 is 47.7 Å². The van der Waals surface area contributed by atoms with Crippen LogP contribution in [0, 0.1) is 0 Å². The normalized spacial score (nSPS) is 17.7. The van der Waals surface area contributed by atoms with E-state index in [0.29, 0.717) is 0 Å². The molecule has 0 radical (unpaired) electrons. The third kappa shape index (κ3) is 3.72. The van der Waals surface area contributed by atoms with Crippen molar-refractivity contribution in [2.24, 2.45) is 0 Å².